The fourth-order valence-electron chi connectivity index (χ4n) is 2.53. The van der Waals surface area contributed by atoms with E-state index in [1.165, 1.54) is 40.4 Å². The molecule has 0 aliphatic rings. The van der Waals surface area contributed by atoms with Gasteiger partial charge in [0.2, 0.25) is 5.75 Å². The maximum atomic E-state index is 11.9. The first-order valence-electron chi connectivity index (χ1n) is 8.93. The summed E-state index contributed by atoms with van der Waals surface area (Å²) in [6.07, 6.45) is 2.70. The molecular weight excluding hydrogens is 390 g/mol. The van der Waals surface area contributed by atoms with Crippen molar-refractivity contribution in [1.82, 2.24) is 0 Å². The minimum Gasteiger partial charge on any atom is -0.493 e. The SMILES string of the molecule is COc1cc(/C=C/C(=O)OCC(=O)Nc2ccc(C(C)=O)cc2)cc(OC)c1OC. The topological polar surface area (TPSA) is 100 Å². The van der Waals surface area contributed by atoms with Gasteiger partial charge < -0.3 is 24.3 Å². The van der Waals surface area contributed by atoms with E-state index in [4.69, 9.17) is 18.9 Å². The van der Waals surface area contributed by atoms with Crippen molar-refractivity contribution >= 4 is 29.4 Å². The standard InChI is InChI=1S/C22H23NO7/c1-14(24)16-6-8-17(9-7-16)23-20(25)13-30-21(26)10-5-15-11-18(27-2)22(29-4)19(12-15)28-3/h5-12H,13H2,1-4H3,(H,23,25)/b10-5+. The van der Waals surface area contributed by atoms with E-state index in [1.807, 2.05) is 0 Å². The van der Waals surface area contributed by atoms with Gasteiger partial charge in [0.25, 0.3) is 5.91 Å². The third-order valence-corrected chi connectivity index (χ3v) is 4.02. The fourth-order valence-corrected chi connectivity index (χ4v) is 2.53. The molecule has 0 spiro atoms. The lowest BCUT2D eigenvalue weighted by atomic mass is 10.1. The third kappa shape index (κ3) is 6.10. The number of carbonyl (C=O) groups is 3. The first-order chi connectivity index (χ1) is 14.4. The Hall–Kier alpha value is -3.81. The van der Waals surface area contributed by atoms with Crippen LogP contribution in [0.4, 0.5) is 5.69 Å². The molecule has 0 radical (unpaired) electrons. The lowest BCUT2D eigenvalue weighted by Crippen LogP contribution is -2.20. The number of rotatable bonds is 9. The van der Waals surface area contributed by atoms with Crippen molar-refractivity contribution in [2.24, 2.45) is 0 Å². The lowest BCUT2D eigenvalue weighted by molar-refractivity contribution is -0.142. The number of nitrogens with one attached hydrogen (secondary N) is 1. The van der Waals surface area contributed by atoms with Crippen LogP contribution in [0, 0.1) is 0 Å². The number of hydrogen-bond acceptors (Lipinski definition) is 7. The molecular formula is C22H23NO7. The van der Waals surface area contributed by atoms with Gasteiger partial charge in [-0.05, 0) is 55.0 Å². The number of Topliss-reactive ketones (excluding diaryl/α,β-unsaturated/α-hetero) is 1. The van der Waals surface area contributed by atoms with Crippen molar-refractivity contribution < 1.29 is 33.3 Å². The number of methoxy groups -OCH3 is 3. The summed E-state index contributed by atoms with van der Waals surface area (Å²) in [5.41, 5.74) is 1.65. The Morgan fingerprint density at radius 1 is 0.933 bits per heavy atom. The molecule has 158 valence electrons. The zero-order valence-corrected chi connectivity index (χ0v) is 17.2. The van der Waals surface area contributed by atoms with Crippen LogP contribution in [0.25, 0.3) is 6.08 Å². The summed E-state index contributed by atoms with van der Waals surface area (Å²) in [7, 11) is 4.48. The zero-order valence-electron chi connectivity index (χ0n) is 17.2. The smallest absolute Gasteiger partial charge is 0.331 e. The zero-order chi connectivity index (χ0) is 22.1. The Labute approximate surface area is 174 Å². The number of hydrogen-bond donors (Lipinski definition) is 1. The lowest BCUT2D eigenvalue weighted by Gasteiger charge is -2.12. The Morgan fingerprint density at radius 2 is 1.53 bits per heavy atom. The quantitative estimate of drug-likeness (QED) is 0.383. The molecule has 0 aromatic heterocycles. The number of ether oxygens (including phenoxy) is 4. The third-order valence-electron chi connectivity index (χ3n) is 4.02. The van der Waals surface area contributed by atoms with E-state index in [0.717, 1.165) is 0 Å². The molecule has 0 fully saturated rings. The molecule has 1 amide bonds. The number of amides is 1. The summed E-state index contributed by atoms with van der Waals surface area (Å²) in [5.74, 6) is 0.0689. The monoisotopic (exact) mass is 413 g/mol. The van der Waals surface area contributed by atoms with Gasteiger partial charge in [-0.2, -0.15) is 0 Å². The van der Waals surface area contributed by atoms with Crippen molar-refractivity contribution in [3.63, 3.8) is 0 Å². The number of ketones is 1. The predicted molar refractivity (Wildman–Crippen MR) is 111 cm³/mol. The fraction of sp³-hybridized carbons (Fsp3) is 0.227. The first-order valence-corrected chi connectivity index (χ1v) is 8.93. The number of benzene rings is 2. The number of esters is 1. The molecule has 2 aromatic carbocycles. The van der Waals surface area contributed by atoms with E-state index >= 15 is 0 Å². The van der Waals surface area contributed by atoms with Gasteiger partial charge in [0.05, 0.1) is 21.3 Å². The molecule has 2 aromatic rings. The van der Waals surface area contributed by atoms with Crippen LogP contribution in [0.5, 0.6) is 17.2 Å². The highest BCUT2D eigenvalue weighted by atomic mass is 16.5. The molecule has 30 heavy (non-hydrogen) atoms. The Kier molecular flexibility index (Phi) is 7.99. The van der Waals surface area contributed by atoms with Gasteiger partial charge in [0, 0.05) is 17.3 Å². The van der Waals surface area contributed by atoms with Crippen molar-refractivity contribution in [3.8, 4) is 17.2 Å². The van der Waals surface area contributed by atoms with Gasteiger partial charge >= 0.3 is 5.97 Å². The minimum atomic E-state index is -0.689. The predicted octanol–water partition coefficient (Wildman–Crippen LogP) is 3.11. The average molecular weight is 413 g/mol. The summed E-state index contributed by atoms with van der Waals surface area (Å²) in [6, 6.07) is 9.74. The van der Waals surface area contributed by atoms with E-state index in [0.29, 0.717) is 34.1 Å². The summed E-state index contributed by atoms with van der Waals surface area (Å²) in [4.78, 5) is 35.1. The number of carbonyl (C=O) groups excluding carboxylic acids is 3. The molecule has 0 aliphatic heterocycles. The first kappa shape index (κ1) is 22.5. The van der Waals surface area contributed by atoms with Crippen LogP contribution in [0.1, 0.15) is 22.8 Å². The van der Waals surface area contributed by atoms with Gasteiger partial charge in [-0.15, -0.1) is 0 Å². The van der Waals surface area contributed by atoms with Gasteiger partial charge in [0.15, 0.2) is 23.9 Å². The molecule has 8 heteroatoms. The van der Waals surface area contributed by atoms with Crippen LogP contribution in [0.3, 0.4) is 0 Å². The summed E-state index contributed by atoms with van der Waals surface area (Å²) < 4.78 is 20.7. The second-order valence-electron chi connectivity index (χ2n) is 6.08. The Balaban J connectivity index is 1.93. The molecule has 8 nitrogen and oxygen atoms in total. The van der Waals surface area contributed by atoms with Gasteiger partial charge in [-0.25, -0.2) is 4.79 Å². The molecule has 0 saturated carbocycles. The Bertz CT molecular complexity index is 923. The molecule has 1 N–H and O–H groups in total. The molecule has 0 saturated heterocycles. The van der Waals surface area contributed by atoms with Gasteiger partial charge in [-0.3, -0.25) is 9.59 Å². The van der Waals surface area contributed by atoms with Crippen molar-refractivity contribution in [2.75, 3.05) is 33.3 Å². The van der Waals surface area contributed by atoms with Crippen LogP contribution in [-0.2, 0) is 14.3 Å². The second kappa shape index (κ2) is 10.7. The summed E-state index contributed by atoms with van der Waals surface area (Å²) in [6.45, 7) is 1.01. The Morgan fingerprint density at radius 3 is 2.03 bits per heavy atom. The van der Waals surface area contributed by atoms with E-state index in [-0.39, 0.29) is 5.78 Å². The van der Waals surface area contributed by atoms with Crippen molar-refractivity contribution in [1.29, 1.82) is 0 Å². The van der Waals surface area contributed by atoms with Gasteiger partial charge in [-0.1, -0.05) is 0 Å². The molecule has 0 aliphatic carbocycles. The van der Waals surface area contributed by atoms with E-state index in [1.54, 1.807) is 36.4 Å². The number of anilines is 1. The minimum absolute atomic E-state index is 0.0688. The van der Waals surface area contributed by atoms with Gasteiger partial charge in [0.1, 0.15) is 0 Å². The van der Waals surface area contributed by atoms with Crippen LogP contribution in [0.2, 0.25) is 0 Å². The van der Waals surface area contributed by atoms with E-state index in [2.05, 4.69) is 5.32 Å². The average Bonchev–Trinajstić information content (AvgIpc) is 2.75. The molecule has 2 rings (SSSR count). The van der Waals surface area contributed by atoms with Crippen LogP contribution in [-0.4, -0.2) is 45.6 Å². The maximum Gasteiger partial charge on any atom is 0.331 e. The van der Waals surface area contributed by atoms with Crippen LogP contribution < -0.4 is 19.5 Å². The summed E-state index contributed by atoms with van der Waals surface area (Å²) >= 11 is 0. The second-order valence-corrected chi connectivity index (χ2v) is 6.08. The maximum absolute atomic E-state index is 11.9. The van der Waals surface area contributed by atoms with Crippen LogP contribution in [0.15, 0.2) is 42.5 Å². The summed E-state index contributed by atoms with van der Waals surface area (Å²) in [5, 5.41) is 2.58. The molecule has 0 bridgehead atoms. The van der Waals surface area contributed by atoms with Crippen molar-refractivity contribution in [2.45, 2.75) is 6.92 Å². The normalized spacial score (nSPS) is 10.4. The molecule has 0 unspecified atom stereocenters. The van der Waals surface area contributed by atoms with E-state index in [9.17, 15) is 14.4 Å². The molecule has 0 atom stereocenters. The van der Waals surface area contributed by atoms with Crippen molar-refractivity contribution in [3.05, 3.63) is 53.6 Å². The highest BCUT2D eigenvalue weighted by Crippen LogP contribution is 2.38. The highest BCUT2D eigenvalue weighted by molar-refractivity contribution is 5.96. The van der Waals surface area contributed by atoms with Crippen LogP contribution >= 0.6 is 0 Å². The van der Waals surface area contributed by atoms with E-state index < -0.39 is 18.5 Å². The largest absolute Gasteiger partial charge is 0.493 e. The molecule has 0 heterocycles. The highest BCUT2D eigenvalue weighted by Gasteiger charge is 2.12.